The van der Waals surface area contributed by atoms with Crippen LogP contribution in [0.1, 0.15) is 62.7 Å². The van der Waals surface area contributed by atoms with Gasteiger partial charge in [-0.1, -0.05) is 31.4 Å². The summed E-state index contributed by atoms with van der Waals surface area (Å²) in [5.41, 5.74) is 0.188. The first-order chi connectivity index (χ1) is 12.3. The Kier molecular flexibility index (Phi) is 5.37. The summed E-state index contributed by atoms with van der Waals surface area (Å²) in [6.45, 7) is 3.87. The molecule has 1 aliphatic carbocycles. The van der Waals surface area contributed by atoms with Crippen LogP contribution in [0.4, 0.5) is 0 Å². The van der Waals surface area contributed by atoms with E-state index in [2.05, 4.69) is 0 Å². The summed E-state index contributed by atoms with van der Waals surface area (Å²) in [5, 5.41) is 0. The fourth-order valence-corrected chi connectivity index (χ4v) is 5.62. The number of hydrogen-bond acceptors (Lipinski definition) is 4. The fourth-order valence-electron chi connectivity index (χ4n) is 4.05. The van der Waals surface area contributed by atoms with Crippen molar-refractivity contribution in [2.45, 2.75) is 69.4 Å². The van der Waals surface area contributed by atoms with E-state index in [1.165, 1.54) is 18.6 Å². The van der Waals surface area contributed by atoms with Crippen molar-refractivity contribution in [2.75, 3.05) is 6.54 Å². The molecule has 0 spiro atoms. The van der Waals surface area contributed by atoms with Gasteiger partial charge in [-0.2, -0.15) is 0 Å². The van der Waals surface area contributed by atoms with E-state index in [1.54, 1.807) is 12.1 Å². The molecule has 26 heavy (non-hydrogen) atoms. The summed E-state index contributed by atoms with van der Waals surface area (Å²) in [4.78, 5) is 27.2. The predicted octanol–water partition coefficient (Wildman–Crippen LogP) is 2.79. The normalized spacial score (nSPS) is 19.7. The predicted molar refractivity (Wildman–Crippen MR) is 98.1 cm³/mol. The van der Waals surface area contributed by atoms with Crippen LogP contribution in [0.5, 0.6) is 0 Å². The van der Waals surface area contributed by atoms with Crippen LogP contribution in [0.3, 0.4) is 0 Å². The Morgan fingerprint density at radius 3 is 2.46 bits per heavy atom. The van der Waals surface area contributed by atoms with Gasteiger partial charge in [0.05, 0.1) is 5.56 Å². The molecule has 0 bridgehead atoms. The highest BCUT2D eigenvalue weighted by atomic mass is 32.2. The molecular formula is C19H26N2O4S. The van der Waals surface area contributed by atoms with Crippen molar-refractivity contribution >= 4 is 21.8 Å². The van der Waals surface area contributed by atoms with Gasteiger partial charge in [0, 0.05) is 25.0 Å². The lowest BCUT2D eigenvalue weighted by atomic mass is 9.93. The molecule has 0 radical (unpaired) electrons. The van der Waals surface area contributed by atoms with Crippen molar-refractivity contribution in [3.05, 3.63) is 29.8 Å². The third-order valence-corrected chi connectivity index (χ3v) is 7.09. The van der Waals surface area contributed by atoms with Crippen LogP contribution in [-0.4, -0.2) is 48.1 Å². The maximum Gasteiger partial charge on any atom is 0.269 e. The molecule has 142 valence electrons. The number of sulfonamides is 1. The second kappa shape index (κ2) is 7.39. The molecule has 1 saturated carbocycles. The topological polar surface area (TPSA) is 74.8 Å². The quantitative estimate of drug-likeness (QED) is 0.790. The smallest absolute Gasteiger partial charge is 0.269 e. The molecule has 1 fully saturated rings. The van der Waals surface area contributed by atoms with Gasteiger partial charge in [-0.25, -0.2) is 12.7 Å². The van der Waals surface area contributed by atoms with Crippen molar-refractivity contribution in [3.63, 3.8) is 0 Å². The zero-order valence-electron chi connectivity index (χ0n) is 15.3. The molecular weight excluding hydrogens is 352 g/mol. The Morgan fingerprint density at radius 1 is 1.19 bits per heavy atom. The van der Waals surface area contributed by atoms with Crippen LogP contribution in [0.2, 0.25) is 0 Å². The molecule has 1 heterocycles. The van der Waals surface area contributed by atoms with Gasteiger partial charge in [-0.05, 0) is 38.8 Å². The average Bonchev–Trinajstić information content (AvgIpc) is 2.81. The Morgan fingerprint density at radius 2 is 1.85 bits per heavy atom. The van der Waals surface area contributed by atoms with Crippen LogP contribution in [-0.2, 0) is 14.8 Å². The van der Waals surface area contributed by atoms with Gasteiger partial charge < -0.3 is 4.90 Å². The van der Waals surface area contributed by atoms with Crippen LogP contribution in [0.15, 0.2) is 29.2 Å². The highest BCUT2D eigenvalue weighted by Gasteiger charge is 2.41. The summed E-state index contributed by atoms with van der Waals surface area (Å²) in [6, 6.07) is 6.48. The highest BCUT2D eigenvalue weighted by molar-refractivity contribution is 7.90. The molecule has 1 aromatic rings. The molecule has 6 nitrogen and oxygen atoms in total. The van der Waals surface area contributed by atoms with E-state index in [-0.39, 0.29) is 41.4 Å². The van der Waals surface area contributed by atoms with Gasteiger partial charge in [0.2, 0.25) is 5.91 Å². The third kappa shape index (κ3) is 3.37. The van der Waals surface area contributed by atoms with Gasteiger partial charge in [0.15, 0.2) is 0 Å². The van der Waals surface area contributed by atoms with E-state index in [4.69, 9.17) is 0 Å². The molecule has 0 N–H and O–H groups in total. The molecule has 1 aromatic carbocycles. The first kappa shape index (κ1) is 18.9. The number of nitrogens with zero attached hydrogens (tertiary/aromatic N) is 2. The molecule has 0 aromatic heterocycles. The maximum atomic E-state index is 12.8. The molecule has 2 amide bonds. The number of amides is 2. The van der Waals surface area contributed by atoms with Crippen molar-refractivity contribution in [1.29, 1.82) is 0 Å². The summed E-state index contributed by atoms with van der Waals surface area (Å²) in [7, 11) is -3.85. The lowest BCUT2D eigenvalue weighted by molar-refractivity contribution is -0.136. The number of hydrogen-bond donors (Lipinski definition) is 0. The number of fused-ring (bicyclic) bond motifs is 1. The zero-order valence-corrected chi connectivity index (χ0v) is 16.2. The van der Waals surface area contributed by atoms with Crippen LogP contribution in [0, 0.1) is 0 Å². The Balaban J connectivity index is 1.72. The lowest BCUT2D eigenvalue weighted by Crippen LogP contribution is -2.47. The van der Waals surface area contributed by atoms with Crippen LogP contribution in [0.25, 0.3) is 0 Å². The number of carbonyl (C=O) groups is 2. The number of benzene rings is 1. The standard InChI is InChI=1S/C19H26N2O4S/c1-14(2)21(15-8-4-3-5-9-15)18(22)12-13-20-19(23)16-10-6-7-11-17(16)26(20,24)25/h6-7,10-11,14-15H,3-5,8-9,12-13H2,1-2H3. The van der Waals surface area contributed by atoms with Gasteiger partial charge >= 0.3 is 0 Å². The minimum Gasteiger partial charge on any atom is -0.337 e. The second-order valence-electron chi connectivity index (χ2n) is 7.32. The summed E-state index contributed by atoms with van der Waals surface area (Å²) in [6.07, 6.45) is 5.46. The van der Waals surface area contributed by atoms with Crippen LogP contribution < -0.4 is 0 Å². The number of rotatable bonds is 5. The molecule has 7 heteroatoms. The lowest BCUT2D eigenvalue weighted by Gasteiger charge is -2.37. The summed E-state index contributed by atoms with van der Waals surface area (Å²) >= 11 is 0. The van der Waals surface area contributed by atoms with Gasteiger partial charge in [0.1, 0.15) is 4.90 Å². The van der Waals surface area contributed by atoms with E-state index in [9.17, 15) is 18.0 Å². The van der Waals surface area contributed by atoms with Gasteiger partial charge in [0.25, 0.3) is 15.9 Å². The molecule has 0 saturated heterocycles. The van der Waals surface area contributed by atoms with Gasteiger partial charge in [-0.15, -0.1) is 0 Å². The third-order valence-electron chi connectivity index (χ3n) is 5.25. The molecule has 0 unspecified atom stereocenters. The average molecular weight is 378 g/mol. The Labute approximate surface area is 155 Å². The fraction of sp³-hybridized carbons (Fsp3) is 0.579. The summed E-state index contributed by atoms with van der Waals surface area (Å²) < 4.78 is 26.0. The first-order valence-electron chi connectivity index (χ1n) is 9.31. The zero-order chi connectivity index (χ0) is 18.9. The summed E-state index contributed by atoms with van der Waals surface area (Å²) in [5.74, 6) is -0.618. The molecule has 2 aliphatic rings. The minimum atomic E-state index is -3.85. The molecule has 3 rings (SSSR count). The molecule has 0 atom stereocenters. The number of carbonyl (C=O) groups excluding carboxylic acids is 2. The van der Waals surface area contributed by atoms with E-state index < -0.39 is 15.9 Å². The van der Waals surface area contributed by atoms with Crippen molar-refractivity contribution in [2.24, 2.45) is 0 Å². The van der Waals surface area contributed by atoms with E-state index >= 15 is 0 Å². The minimum absolute atomic E-state index is 0.0215. The van der Waals surface area contributed by atoms with E-state index in [0.29, 0.717) is 0 Å². The maximum absolute atomic E-state index is 12.8. The Bertz CT molecular complexity index is 798. The second-order valence-corrected chi connectivity index (χ2v) is 9.15. The molecule has 1 aliphatic heterocycles. The van der Waals surface area contributed by atoms with E-state index in [0.717, 1.165) is 30.0 Å². The van der Waals surface area contributed by atoms with Crippen molar-refractivity contribution in [3.8, 4) is 0 Å². The highest BCUT2D eigenvalue weighted by Crippen LogP contribution is 2.30. The SMILES string of the molecule is CC(C)N(C(=O)CCN1C(=O)c2ccccc2S1(=O)=O)C1CCCCC1. The van der Waals surface area contributed by atoms with Gasteiger partial charge in [-0.3, -0.25) is 9.59 Å². The monoisotopic (exact) mass is 378 g/mol. The van der Waals surface area contributed by atoms with Crippen molar-refractivity contribution in [1.82, 2.24) is 9.21 Å². The largest absolute Gasteiger partial charge is 0.337 e. The van der Waals surface area contributed by atoms with Crippen LogP contribution >= 0.6 is 0 Å². The first-order valence-corrected chi connectivity index (χ1v) is 10.8. The Hall–Kier alpha value is -1.89. The van der Waals surface area contributed by atoms with E-state index in [1.807, 2.05) is 18.7 Å². The van der Waals surface area contributed by atoms with Crippen molar-refractivity contribution < 1.29 is 18.0 Å².